The zero-order valence-electron chi connectivity index (χ0n) is 15.6. The highest BCUT2D eigenvalue weighted by atomic mass is 32.2. The molecule has 28 heavy (non-hydrogen) atoms. The third kappa shape index (κ3) is 3.57. The van der Waals surface area contributed by atoms with Crippen molar-refractivity contribution in [2.45, 2.75) is 32.5 Å². The third-order valence-corrected chi connectivity index (χ3v) is 6.96. The van der Waals surface area contributed by atoms with Crippen LogP contribution < -0.4 is 14.8 Å². The van der Waals surface area contributed by atoms with E-state index in [1.54, 1.807) is 13.0 Å². The number of hydrogen-bond donors (Lipinski definition) is 1. The van der Waals surface area contributed by atoms with Crippen molar-refractivity contribution in [2.24, 2.45) is 0 Å². The molecule has 2 aromatic rings. The second-order valence-corrected chi connectivity index (χ2v) is 9.05. The number of carbonyl (C=O) groups is 1. The molecule has 1 amide bonds. The van der Waals surface area contributed by atoms with Gasteiger partial charge in [-0.2, -0.15) is 4.31 Å². The lowest BCUT2D eigenvalue weighted by molar-refractivity contribution is -0.125. The summed E-state index contributed by atoms with van der Waals surface area (Å²) >= 11 is 0. The Morgan fingerprint density at radius 1 is 1.14 bits per heavy atom. The van der Waals surface area contributed by atoms with Gasteiger partial charge in [-0.3, -0.25) is 4.79 Å². The van der Waals surface area contributed by atoms with Crippen LogP contribution in [0.5, 0.6) is 11.5 Å². The van der Waals surface area contributed by atoms with Crippen LogP contribution >= 0.6 is 0 Å². The highest BCUT2D eigenvalue weighted by molar-refractivity contribution is 7.89. The van der Waals surface area contributed by atoms with Gasteiger partial charge in [0, 0.05) is 13.1 Å². The van der Waals surface area contributed by atoms with Gasteiger partial charge in [0.1, 0.15) is 6.04 Å². The first-order valence-electron chi connectivity index (χ1n) is 9.20. The van der Waals surface area contributed by atoms with Crippen LogP contribution in [0.15, 0.2) is 42.5 Å². The van der Waals surface area contributed by atoms with Gasteiger partial charge >= 0.3 is 0 Å². The van der Waals surface area contributed by atoms with Gasteiger partial charge in [-0.1, -0.05) is 30.3 Å². The molecule has 0 fully saturated rings. The Labute approximate surface area is 164 Å². The van der Waals surface area contributed by atoms with Crippen molar-refractivity contribution in [1.29, 1.82) is 0 Å². The summed E-state index contributed by atoms with van der Waals surface area (Å²) in [5.41, 5.74) is 2.81. The first-order chi connectivity index (χ1) is 13.5. The van der Waals surface area contributed by atoms with Crippen LogP contribution in [-0.4, -0.2) is 37.2 Å². The van der Waals surface area contributed by atoms with Crippen molar-refractivity contribution < 1.29 is 22.7 Å². The van der Waals surface area contributed by atoms with Gasteiger partial charge in [0.2, 0.25) is 22.7 Å². The zero-order valence-corrected chi connectivity index (χ0v) is 16.4. The number of amides is 1. The molecule has 2 aromatic carbocycles. The number of fused-ring (bicyclic) bond motifs is 2. The molecule has 0 aliphatic carbocycles. The van der Waals surface area contributed by atoms with Crippen LogP contribution in [0.4, 0.5) is 0 Å². The standard InChI is InChI=1S/C20H22N2O5S/c1-2-28(24,25)22-12-16-6-4-3-5-15(16)10-17(22)20(23)21-11-14-7-8-18-19(9-14)27-13-26-18/h3-9,17H,2,10-13H2,1H3,(H,21,23). The van der Waals surface area contributed by atoms with Crippen molar-refractivity contribution in [3.05, 3.63) is 59.2 Å². The fourth-order valence-corrected chi connectivity index (χ4v) is 4.76. The van der Waals surface area contributed by atoms with E-state index < -0.39 is 16.1 Å². The Kier molecular flexibility index (Phi) is 4.99. The average molecular weight is 402 g/mol. The molecule has 0 spiro atoms. The predicted octanol–water partition coefficient (Wildman–Crippen LogP) is 1.81. The minimum Gasteiger partial charge on any atom is -0.454 e. The SMILES string of the molecule is CCS(=O)(=O)N1Cc2ccccc2CC1C(=O)NCc1ccc2c(c1)OCO2. The van der Waals surface area contributed by atoms with Gasteiger partial charge < -0.3 is 14.8 Å². The fourth-order valence-electron chi connectivity index (χ4n) is 3.54. The van der Waals surface area contributed by atoms with E-state index in [4.69, 9.17) is 9.47 Å². The summed E-state index contributed by atoms with van der Waals surface area (Å²) in [6.07, 6.45) is 0.363. The summed E-state index contributed by atoms with van der Waals surface area (Å²) in [6, 6.07) is 12.4. The van der Waals surface area contributed by atoms with Gasteiger partial charge in [0.15, 0.2) is 11.5 Å². The van der Waals surface area contributed by atoms with E-state index in [1.165, 1.54) is 4.31 Å². The first kappa shape index (κ1) is 18.8. The number of nitrogens with zero attached hydrogens (tertiary/aromatic N) is 1. The second-order valence-electron chi connectivity index (χ2n) is 6.84. The highest BCUT2D eigenvalue weighted by Crippen LogP contribution is 2.32. The Morgan fingerprint density at radius 2 is 1.89 bits per heavy atom. The smallest absolute Gasteiger partial charge is 0.239 e. The summed E-state index contributed by atoms with van der Waals surface area (Å²) in [4.78, 5) is 12.9. The van der Waals surface area contributed by atoms with Crippen molar-refractivity contribution in [3.63, 3.8) is 0 Å². The lowest BCUT2D eigenvalue weighted by Crippen LogP contribution is -2.52. The molecule has 2 heterocycles. The molecule has 1 unspecified atom stereocenters. The minimum absolute atomic E-state index is 0.0406. The number of hydrogen-bond acceptors (Lipinski definition) is 5. The maximum atomic E-state index is 12.9. The van der Waals surface area contributed by atoms with Crippen molar-refractivity contribution in [2.75, 3.05) is 12.5 Å². The molecular weight excluding hydrogens is 380 g/mol. The number of nitrogens with one attached hydrogen (secondary N) is 1. The van der Waals surface area contributed by atoms with E-state index in [1.807, 2.05) is 36.4 Å². The van der Waals surface area contributed by atoms with Crippen LogP contribution in [-0.2, 0) is 34.3 Å². The Hall–Kier alpha value is -2.58. The minimum atomic E-state index is -3.51. The Balaban J connectivity index is 1.52. The number of carbonyl (C=O) groups excluding carboxylic acids is 1. The van der Waals surface area contributed by atoms with Crippen LogP contribution in [0, 0.1) is 0 Å². The van der Waals surface area contributed by atoms with Gasteiger partial charge in [0.05, 0.1) is 5.75 Å². The molecule has 7 nitrogen and oxygen atoms in total. The molecule has 1 atom stereocenters. The molecule has 0 saturated heterocycles. The zero-order chi connectivity index (χ0) is 19.7. The van der Waals surface area contributed by atoms with Crippen molar-refractivity contribution in [3.8, 4) is 11.5 Å². The topological polar surface area (TPSA) is 84.9 Å². The summed E-state index contributed by atoms with van der Waals surface area (Å²) in [5, 5.41) is 2.88. The second kappa shape index (κ2) is 7.44. The van der Waals surface area contributed by atoms with Crippen LogP contribution in [0.25, 0.3) is 0 Å². The van der Waals surface area contributed by atoms with Crippen LogP contribution in [0.3, 0.4) is 0 Å². The largest absolute Gasteiger partial charge is 0.454 e. The molecule has 8 heteroatoms. The number of rotatable bonds is 5. The van der Waals surface area contributed by atoms with E-state index in [-0.39, 0.29) is 31.5 Å². The highest BCUT2D eigenvalue weighted by Gasteiger charge is 2.37. The summed E-state index contributed by atoms with van der Waals surface area (Å²) in [5.74, 6) is 0.984. The van der Waals surface area contributed by atoms with E-state index in [0.717, 1.165) is 16.7 Å². The first-order valence-corrected chi connectivity index (χ1v) is 10.8. The molecule has 1 N–H and O–H groups in total. The fraction of sp³-hybridized carbons (Fsp3) is 0.350. The van der Waals surface area contributed by atoms with E-state index in [9.17, 15) is 13.2 Å². The summed E-state index contributed by atoms with van der Waals surface area (Å²) in [6.45, 7) is 2.29. The summed E-state index contributed by atoms with van der Waals surface area (Å²) in [7, 11) is -3.51. The Bertz CT molecular complexity index is 1010. The molecule has 2 aliphatic rings. The molecule has 0 aromatic heterocycles. The third-order valence-electron chi connectivity index (χ3n) is 5.13. The molecule has 148 valence electrons. The van der Waals surface area contributed by atoms with E-state index in [0.29, 0.717) is 17.9 Å². The number of ether oxygens (including phenoxy) is 2. The van der Waals surface area contributed by atoms with Crippen LogP contribution in [0.2, 0.25) is 0 Å². The van der Waals surface area contributed by atoms with E-state index >= 15 is 0 Å². The van der Waals surface area contributed by atoms with Gasteiger partial charge in [-0.15, -0.1) is 0 Å². The molecule has 4 rings (SSSR count). The van der Waals surface area contributed by atoms with Gasteiger partial charge in [-0.05, 0) is 42.2 Å². The maximum Gasteiger partial charge on any atom is 0.239 e. The lowest BCUT2D eigenvalue weighted by Gasteiger charge is -2.34. The van der Waals surface area contributed by atoms with Gasteiger partial charge in [0.25, 0.3) is 0 Å². The number of benzene rings is 2. The monoisotopic (exact) mass is 402 g/mol. The molecule has 2 aliphatic heterocycles. The van der Waals surface area contributed by atoms with Crippen molar-refractivity contribution >= 4 is 15.9 Å². The molecule has 0 radical (unpaired) electrons. The Morgan fingerprint density at radius 3 is 2.68 bits per heavy atom. The molecular formula is C20H22N2O5S. The van der Waals surface area contributed by atoms with Gasteiger partial charge in [-0.25, -0.2) is 8.42 Å². The van der Waals surface area contributed by atoms with E-state index in [2.05, 4.69) is 5.32 Å². The quantitative estimate of drug-likeness (QED) is 0.825. The molecule has 0 saturated carbocycles. The van der Waals surface area contributed by atoms with Crippen molar-refractivity contribution in [1.82, 2.24) is 9.62 Å². The maximum absolute atomic E-state index is 12.9. The summed E-state index contributed by atoms with van der Waals surface area (Å²) < 4.78 is 37.2. The normalized spacial score (nSPS) is 18.5. The average Bonchev–Trinajstić information content (AvgIpc) is 3.19. The predicted molar refractivity (Wildman–Crippen MR) is 103 cm³/mol. The van der Waals surface area contributed by atoms with Crippen LogP contribution in [0.1, 0.15) is 23.6 Å². The number of sulfonamides is 1. The molecule has 0 bridgehead atoms. The lowest BCUT2D eigenvalue weighted by atomic mass is 9.95.